The Morgan fingerprint density at radius 3 is 1.97 bits per heavy atom. The molecule has 1 aliphatic heterocycles. The van der Waals surface area contributed by atoms with Crippen molar-refractivity contribution < 1.29 is 13.6 Å². The van der Waals surface area contributed by atoms with Crippen molar-refractivity contribution in [1.29, 1.82) is 0 Å². The van der Waals surface area contributed by atoms with E-state index in [1.54, 1.807) is 39.9 Å². The highest BCUT2D eigenvalue weighted by Gasteiger charge is 2.25. The molecule has 166 valence electrons. The number of piperazine rings is 1. The summed E-state index contributed by atoms with van der Waals surface area (Å²) < 4.78 is 28.7. The number of aromatic nitrogens is 2. The van der Waals surface area contributed by atoms with E-state index in [4.69, 9.17) is 0 Å². The Kier molecular flexibility index (Phi) is 5.60. The molecular weight excluding hydrogens is 422 g/mol. The van der Waals surface area contributed by atoms with Crippen LogP contribution in [-0.2, 0) is 0 Å². The van der Waals surface area contributed by atoms with Crippen molar-refractivity contribution in [3.05, 3.63) is 102 Å². The molecule has 2 heterocycles. The van der Waals surface area contributed by atoms with Gasteiger partial charge in [0.2, 0.25) is 0 Å². The zero-order valence-electron chi connectivity index (χ0n) is 17.9. The van der Waals surface area contributed by atoms with Gasteiger partial charge in [0.15, 0.2) is 0 Å². The predicted octanol–water partition coefficient (Wildman–Crippen LogP) is 4.78. The van der Waals surface area contributed by atoms with Gasteiger partial charge < -0.3 is 9.80 Å². The van der Waals surface area contributed by atoms with Crippen LogP contribution in [-0.4, -0.2) is 46.5 Å². The van der Waals surface area contributed by atoms with E-state index in [2.05, 4.69) is 22.0 Å². The van der Waals surface area contributed by atoms with Gasteiger partial charge in [0.1, 0.15) is 23.2 Å². The number of hydrogen-bond acceptors (Lipinski definition) is 3. The summed E-state index contributed by atoms with van der Waals surface area (Å²) >= 11 is 0. The van der Waals surface area contributed by atoms with Crippen molar-refractivity contribution in [3.8, 4) is 17.1 Å². The number of halogens is 2. The molecule has 33 heavy (non-hydrogen) atoms. The van der Waals surface area contributed by atoms with E-state index >= 15 is 0 Å². The zero-order valence-corrected chi connectivity index (χ0v) is 17.9. The van der Waals surface area contributed by atoms with Crippen LogP contribution in [0.2, 0.25) is 0 Å². The zero-order chi connectivity index (χ0) is 22.8. The molecule has 5 nitrogen and oxygen atoms in total. The summed E-state index contributed by atoms with van der Waals surface area (Å²) in [5.41, 5.74) is 2.76. The first-order valence-corrected chi connectivity index (χ1v) is 10.8. The number of para-hydroxylation sites is 1. The van der Waals surface area contributed by atoms with E-state index in [9.17, 15) is 13.6 Å². The first-order chi connectivity index (χ1) is 16.1. The van der Waals surface area contributed by atoms with Crippen LogP contribution < -0.4 is 4.90 Å². The van der Waals surface area contributed by atoms with E-state index < -0.39 is 0 Å². The summed E-state index contributed by atoms with van der Waals surface area (Å²) in [5, 5.41) is 0. The molecule has 7 heteroatoms. The lowest BCUT2D eigenvalue weighted by Gasteiger charge is -2.35. The van der Waals surface area contributed by atoms with Gasteiger partial charge in [-0.15, -0.1) is 0 Å². The van der Waals surface area contributed by atoms with Crippen molar-refractivity contribution in [2.24, 2.45) is 0 Å². The summed E-state index contributed by atoms with van der Waals surface area (Å²) in [6.07, 6.45) is 1.66. The molecule has 0 atom stereocenters. The summed E-state index contributed by atoms with van der Waals surface area (Å²) in [5.74, 6) is -0.374. The maximum absolute atomic E-state index is 13.5. The van der Waals surface area contributed by atoms with Gasteiger partial charge >= 0.3 is 0 Å². The average molecular weight is 444 g/mol. The van der Waals surface area contributed by atoms with Crippen molar-refractivity contribution in [2.45, 2.75) is 0 Å². The fraction of sp³-hybridized carbons (Fsp3) is 0.154. The standard InChI is InChI=1S/C26H22F2N4O/c27-20-8-6-19(7-9-20)25-29-24(18-32(25)23-12-10-21(28)11-13-23)26(33)31-16-14-30(15-17-31)22-4-2-1-3-5-22/h1-13,18H,14-17H2. The Balaban J connectivity index is 1.42. The molecule has 0 radical (unpaired) electrons. The lowest BCUT2D eigenvalue weighted by atomic mass is 10.2. The maximum atomic E-state index is 13.5. The highest BCUT2D eigenvalue weighted by Crippen LogP contribution is 2.25. The quantitative estimate of drug-likeness (QED) is 0.455. The smallest absolute Gasteiger partial charge is 0.274 e. The van der Waals surface area contributed by atoms with Crippen LogP contribution in [0.3, 0.4) is 0 Å². The molecule has 1 aromatic heterocycles. The van der Waals surface area contributed by atoms with Gasteiger partial charge in [-0.2, -0.15) is 0 Å². The van der Waals surface area contributed by atoms with Gasteiger partial charge in [-0.3, -0.25) is 9.36 Å². The minimum Gasteiger partial charge on any atom is -0.368 e. The summed E-state index contributed by atoms with van der Waals surface area (Å²) in [4.78, 5) is 21.9. The van der Waals surface area contributed by atoms with Gasteiger partial charge in [-0.25, -0.2) is 13.8 Å². The second-order valence-electron chi connectivity index (χ2n) is 7.92. The van der Waals surface area contributed by atoms with Crippen LogP contribution in [0.15, 0.2) is 85.1 Å². The Morgan fingerprint density at radius 1 is 0.727 bits per heavy atom. The van der Waals surface area contributed by atoms with Gasteiger partial charge in [0.25, 0.3) is 5.91 Å². The molecule has 0 N–H and O–H groups in total. The van der Waals surface area contributed by atoms with Crippen LogP contribution in [0.5, 0.6) is 0 Å². The van der Waals surface area contributed by atoms with Gasteiger partial charge in [0, 0.05) is 49.3 Å². The SMILES string of the molecule is O=C(c1cn(-c2ccc(F)cc2)c(-c2ccc(F)cc2)n1)N1CCN(c2ccccc2)CC1. The van der Waals surface area contributed by atoms with Crippen molar-refractivity contribution in [1.82, 2.24) is 14.5 Å². The van der Waals surface area contributed by atoms with E-state index in [1.807, 2.05) is 18.2 Å². The monoisotopic (exact) mass is 444 g/mol. The van der Waals surface area contributed by atoms with E-state index in [-0.39, 0.29) is 17.5 Å². The molecule has 3 aromatic carbocycles. The molecule has 1 fully saturated rings. The van der Waals surface area contributed by atoms with Gasteiger partial charge in [-0.1, -0.05) is 18.2 Å². The van der Waals surface area contributed by atoms with Crippen LogP contribution in [0.1, 0.15) is 10.5 Å². The first-order valence-electron chi connectivity index (χ1n) is 10.8. The van der Waals surface area contributed by atoms with Crippen LogP contribution >= 0.6 is 0 Å². The summed E-state index contributed by atoms with van der Waals surface area (Å²) in [7, 11) is 0. The van der Waals surface area contributed by atoms with Gasteiger partial charge in [0.05, 0.1) is 0 Å². The molecule has 0 spiro atoms. The minimum atomic E-state index is -0.355. The Hall–Kier alpha value is -4.00. The molecule has 0 saturated carbocycles. The fourth-order valence-electron chi connectivity index (χ4n) is 4.05. The largest absolute Gasteiger partial charge is 0.368 e. The lowest BCUT2D eigenvalue weighted by Crippen LogP contribution is -2.48. The first kappa shape index (κ1) is 20.9. The van der Waals surface area contributed by atoms with Gasteiger partial charge in [-0.05, 0) is 60.7 Å². The number of carbonyl (C=O) groups excluding carboxylic acids is 1. The normalized spacial score (nSPS) is 13.9. The van der Waals surface area contributed by atoms with Crippen molar-refractivity contribution >= 4 is 11.6 Å². The Bertz CT molecular complexity index is 1180. The molecule has 5 rings (SSSR count). The molecule has 0 aliphatic carbocycles. The molecule has 4 aromatic rings. The highest BCUT2D eigenvalue weighted by atomic mass is 19.1. The van der Waals surface area contributed by atoms with Crippen molar-refractivity contribution in [2.75, 3.05) is 31.1 Å². The molecule has 1 aliphatic rings. The maximum Gasteiger partial charge on any atom is 0.274 e. The third-order valence-corrected chi connectivity index (χ3v) is 5.82. The van der Waals surface area contributed by atoms with Crippen LogP contribution in [0, 0.1) is 11.6 Å². The number of imidazole rings is 1. The average Bonchev–Trinajstić information content (AvgIpc) is 3.30. The Labute approximate surface area is 190 Å². The number of amides is 1. The third kappa shape index (κ3) is 4.35. The Morgan fingerprint density at radius 2 is 1.33 bits per heavy atom. The fourth-order valence-corrected chi connectivity index (χ4v) is 4.05. The third-order valence-electron chi connectivity index (χ3n) is 5.82. The number of nitrogens with zero attached hydrogens (tertiary/aromatic N) is 4. The number of benzene rings is 3. The van der Waals surface area contributed by atoms with E-state index in [1.165, 1.54) is 24.3 Å². The number of anilines is 1. The molecule has 1 amide bonds. The molecular formula is C26H22F2N4O. The number of hydrogen-bond donors (Lipinski definition) is 0. The topological polar surface area (TPSA) is 41.4 Å². The number of carbonyl (C=O) groups is 1. The van der Waals surface area contributed by atoms with E-state index in [0.717, 1.165) is 18.8 Å². The molecule has 0 bridgehead atoms. The second kappa shape index (κ2) is 8.86. The van der Waals surface area contributed by atoms with E-state index in [0.29, 0.717) is 35.9 Å². The molecule has 0 unspecified atom stereocenters. The van der Waals surface area contributed by atoms with Crippen LogP contribution in [0.4, 0.5) is 14.5 Å². The molecule has 1 saturated heterocycles. The lowest BCUT2D eigenvalue weighted by molar-refractivity contribution is 0.0741. The van der Waals surface area contributed by atoms with Crippen LogP contribution in [0.25, 0.3) is 17.1 Å². The predicted molar refractivity (Wildman–Crippen MR) is 123 cm³/mol. The second-order valence-corrected chi connectivity index (χ2v) is 7.92. The minimum absolute atomic E-state index is 0.160. The summed E-state index contributed by atoms with van der Waals surface area (Å²) in [6.45, 7) is 2.64. The highest BCUT2D eigenvalue weighted by molar-refractivity contribution is 5.93. The van der Waals surface area contributed by atoms with Crippen molar-refractivity contribution in [3.63, 3.8) is 0 Å². The number of rotatable bonds is 4. The summed E-state index contributed by atoms with van der Waals surface area (Å²) in [6, 6.07) is 22.0.